The van der Waals surface area contributed by atoms with Gasteiger partial charge in [-0.05, 0) is 105 Å². The van der Waals surface area contributed by atoms with E-state index in [4.69, 9.17) is 10.1 Å². The smallest absolute Gasteiger partial charge is 0.248 e. The van der Waals surface area contributed by atoms with Gasteiger partial charge >= 0.3 is 0 Å². The molecule has 2 fully saturated rings. The fourth-order valence-electron chi connectivity index (χ4n) is 8.31. The molecule has 0 unspecified atom stereocenters. The molecule has 0 radical (unpaired) electrons. The van der Waals surface area contributed by atoms with E-state index in [2.05, 4.69) is 39.5 Å². The van der Waals surface area contributed by atoms with Gasteiger partial charge in [-0.1, -0.05) is 67.8 Å². The van der Waals surface area contributed by atoms with Crippen LogP contribution in [0, 0.1) is 11.8 Å². The molecule has 10 nitrogen and oxygen atoms in total. The molecule has 0 spiro atoms. The first-order chi connectivity index (χ1) is 25.4. The molecule has 5 N–H and O–H groups in total. The summed E-state index contributed by atoms with van der Waals surface area (Å²) >= 11 is 0. The van der Waals surface area contributed by atoms with E-state index in [1.807, 2.05) is 29.2 Å². The van der Waals surface area contributed by atoms with Crippen LogP contribution in [0.5, 0.6) is 11.5 Å². The number of aromatic hydroxyl groups is 2. The van der Waals surface area contributed by atoms with Gasteiger partial charge in [-0.25, -0.2) is 4.98 Å². The van der Waals surface area contributed by atoms with E-state index >= 15 is 0 Å². The Hall–Kier alpha value is -4.51. The number of rotatable bonds is 14. The summed E-state index contributed by atoms with van der Waals surface area (Å²) in [7, 11) is 0. The van der Waals surface area contributed by atoms with Gasteiger partial charge in [0.25, 0.3) is 0 Å². The fourth-order valence-corrected chi connectivity index (χ4v) is 8.31. The number of aliphatic hydroxyl groups is 1. The zero-order chi connectivity index (χ0) is 35.9. The van der Waals surface area contributed by atoms with E-state index in [1.165, 1.54) is 42.5 Å². The number of aromatic nitrogens is 4. The highest BCUT2D eigenvalue weighted by molar-refractivity contribution is 5.87. The predicted molar refractivity (Wildman–Crippen MR) is 204 cm³/mol. The number of benzene rings is 3. The number of phenolic OH excluding ortho intramolecular Hbond substituents is 2. The number of hydrogen-bond acceptors (Lipinski definition) is 8. The van der Waals surface area contributed by atoms with Crippen LogP contribution in [0.4, 0.5) is 0 Å². The number of pyridine rings is 1. The monoisotopic (exact) mass is 704 g/mol. The average molecular weight is 705 g/mol. The molecule has 1 aliphatic heterocycles. The van der Waals surface area contributed by atoms with Crippen LogP contribution in [0.3, 0.4) is 0 Å². The number of H-pyrrole nitrogens is 1. The number of aromatic amines is 1. The number of piperidine rings is 1. The SMILES string of the molecule is O=c1ccc2c([C@@H](O)CNCCc3ccc(CCN4CCC(Cn5cnc([C@@H](c6ccccc6O)C6CCCCC6)n5)CC4)cc3)ccc(O)c2[nH]1. The maximum absolute atomic E-state index is 11.7. The quantitative estimate of drug-likeness (QED) is 0.0880. The summed E-state index contributed by atoms with van der Waals surface area (Å²) in [6.45, 7) is 5.25. The van der Waals surface area contributed by atoms with Gasteiger partial charge in [-0.2, -0.15) is 5.10 Å². The number of phenols is 2. The van der Waals surface area contributed by atoms with Crippen molar-refractivity contribution in [3.05, 3.63) is 118 Å². The lowest BCUT2D eigenvalue weighted by molar-refractivity contribution is 0.172. The molecule has 1 aliphatic carbocycles. The molecule has 0 amide bonds. The van der Waals surface area contributed by atoms with Crippen molar-refractivity contribution in [3.63, 3.8) is 0 Å². The van der Waals surface area contributed by atoms with Crippen molar-refractivity contribution < 1.29 is 15.3 Å². The highest BCUT2D eigenvalue weighted by atomic mass is 16.3. The van der Waals surface area contributed by atoms with Crippen LogP contribution < -0.4 is 10.9 Å². The molecule has 52 heavy (non-hydrogen) atoms. The van der Waals surface area contributed by atoms with E-state index in [0.717, 1.165) is 82.6 Å². The molecule has 3 aromatic carbocycles. The van der Waals surface area contributed by atoms with Crippen molar-refractivity contribution >= 4 is 10.9 Å². The zero-order valence-electron chi connectivity index (χ0n) is 30.0. The molecule has 2 aromatic heterocycles. The van der Waals surface area contributed by atoms with Crippen molar-refractivity contribution in [2.24, 2.45) is 11.8 Å². The molecule has 5 aromatic rings. The Balaban J connectivity index is 0.831. The van der Waals surface area contributed by atoms with E-state index < -0.39 is 6.10 Å². The standard InChI is InChI=1S/C42H52N6O4/c49-36-9-5-4-8-35(36)40(32-6-2-1-3-7-32)42-44-28-48(46-42)27-31-20-24-47(25-21-31)23-19-30-12-10-29(11-13-30)18-22-43-26-38(51)33-14-16-37(50)41-34(33)15-17-39(52)45-41/h4-5,8-17,28,31-32,38,40,43,49-51H,1-3,6-7,18-27H2,(H,45,52)/t38-,40+/m0/s1. The number of hydrogen-bond donors (Lipinski definition) is 5. The Morgan fingerprint density at radius 1 is 0.827 bits per heavy atom. The molecular formula is C42H52N6O4. The summed E-state index contributed by atoms with van der Waals surface area (Å²) in [5, 5.41) is 40.6. The number of para-hydroxylation sites is 1. The highest BCUT2D eigenvalue weighted by Gasteiger charge is 2.31. The van der Waals surface area contributed by atoms with Crippen LogP contribution in [-0.2, 0) is 19.4 Å². The van der Waals surface area contributed by atoms with Gasteiger partial charge in [0, 0.05) is 36.7 Å². The summed E-state index contributed by atoms with van der Waals surface area (Å²) in [5.41, 5.74) is 4.27. The van der Waals surface area contributed by atoms with Gasteiger partial charge in [0.2, 0.25) is 5.56 Å². The largest absolute Gasteiger partial charge is 0.508 e. The second-order valence-electron chi connectivity index (χ2n) is 14.9. The molecule has 274 valence electrons. The second-order valence-corrected chi connectivity index (χ2v) is 14.9. The topological polar surface area (TPSA) is 140 Å². The van der Waals surface area contributed by atoms with Crippen LogP contribution in [-0.4, -0.2) is 72.7 Å². The molecule has 2 aliphatic rings. The van der Waals surface area contributed by atoms with Crippen molar-refractivity contribution in [1.29, 1.82) is 0 Å². The summed E-state index contributed by atoms with van der Waals surface area (Å²) in [4.78, 5) is 21.7. The number of aliphatic hydroxyl groups excluding tert-OH is 1. The summed E-state index contributed by atoms with van der Waals surface area (Å²) in [5.74, 6) is 2.29. The third kappa shape index (κ3) is 8.74. The first-order valence-electron chi connectivity index (χ1n) is 19.1. The van der Waals surface area contributed by atoms with Crippen molar-refractivity contribution in [1.82, 2.24) is 30.0 Å². The first kappa shape index (κ1) is 35.9. The van der Waals surface area contributed by atoms with Crippen molar-refractivity contribution in [2.75, 3.05) is 32.7 Å². The number of likely N-dealkylation sites (tertiary alicyclic amines) is 1. The van der Waals surface area contributed by atoms with Crippen LogP contribution in [0.2, 0.25) is 0 Å². The molecule has 3 heterocycles. The van der Waals surface area contributed by atoms with E-state index in [0.29, 0.717) is 40.6 Å². The van der Waals surface area contributed by atoms with Crippen LogP contribution in [0.25, 0.3) is 10.9 Å². The van der Waals surface area contributed by atoms with Crippen LogP contribution in [0.15, 0.2) is 83.9 Å². The molecular weight excluding hydrogens is 652 g/mol. The van der Waals surface area contributed by atoms with Gasteiger partial charge in [-0.3, -0.25) is 9.48 Å². The van der Waals surface area contributed by atoms with Gasteiger partial charge in [0.1, 0.15) is 17.8 Å². The maximum atomic E-state index is 11.7. The summed E-state index contributed by atoms with van der Waals surface area (Å²) in [6, 6.07) is 22.8. The minimum atomic E-state index is -0.767. The normalized spacial score (nSPS) is 17.4. The van der Waals surface area contributed by atoms with Gasteiger partial charge in [-0.15, -0.1) is 0 Å². The highest BCUT2D eigenvalue weighted by Crippen LogP contribution is 2.42. The van der Waals surface area contributed by atoms with E-state index in [1.54, 1.807) is 18.2 Å². The molecule has 1 saturated carbocycles. The number of nitrogens with one attached hydrogen (secondary N) is 2. The Bertz CT molecular complexity index is 1960. The lowest BCUT2D eigenvalue weighted by atomic mass is 9.76. The van der Waals surface area contributed by atoms with Crippen molar-refractivity contribution in [2.45, 2.75) is 76.4 Å². The third-order valence-electron chi connectivity index (χ3n) is 11.3. The summed E-state index contributed by atoms with van der Waals surface area (Å²) in [6.07, 6.45) is 11.4. The average Bonchev–Trinajstić information content (AvgIpc) is 3.63. The Kier molecular flexibility index (Phi) is 11.6. The Morgan fingerprint density at radius 3 is 2.35 bits per heavy atom. The van der Waals surface area contributed by atoms with Gasteiger partial charge < -0.3 is 30.5 Å². The van der Waals surface area contributed by atoms with Crippen LogP contribution in [0.1, 0.15) is 85.0 Å². The number of nitrogens with zero attached hydrogens (tertiary/aromatic N) is 4. The number of fused-ring (bicyclic) bond motifs is 1. The Labute approximate surface area is 305 Å². The molecule has 0 bridgehead atoms. The minimum absolute atomic E-state index is 0.0104. The lowest BCUT2D eigenvalue weighted by Gasteiger charge is -2.32. The molecule has 7 rings (SSSR count). The summed E-state index contributed by atoms with van der Waals surface area (Å²) < 4.78 is 2.05. The van der Waals surface area contributed by atoms with Gasteiger partial charge in [0.15, 0.2) is 5.82 Å². The maximum Gasteiger partial charge on any atom is 0.248 e. The predicted octanol–water partition coefficient (Wildman–Crippen LogP) is 6.06. The Morgan fingerprint density at radius 2 is 1.58 bits per heavy atom. The van der Waals surface area contributed by atoms with Crippen molar-refractivity contribution in [3.8, 4) is 11.5 Å². The molecule has 1 saturated heterocycles. The molecule has 10 heteroatoms. The van der Waals surface area contributed by atoms with Gasteiger partial charge in [0.05, 0.1) is 17.5 Å². The van der Waals surface area contributed by atoms with Crippen LogP contribution >= 0.6 is 0 Å². The lowest BCUT2D eigenvalue weighted by Crippen LogP contribution is -2.36. The molecule has 2 atom stereocenters. The zero-order valence-corrected chi connectivity index (χ0v) is 30.0. The van der Waals surface area contributed by atoms with E-state index in [-0.39, 0.29) is 17.2 Å². The van der Waals surface area contributed by atoms with E-state index in [9.17, 15) is 20.1 Å². The minimum Gasteiger partial charge on any atom is -0.508 e. The second kappa shape index (κ2) is 16.9. The first-order valence-corrected chi connectivity index (χ1v) is 19.1. The third-order valence-corrected chi connectivity index (χ3v) is 11.3. The fraction of sp³-hybridized carbons (Fsp3) is 0.452.